The number of benzene rings is 1. The lowest BCUT2D eigenvalue weighted by Gasteiger charge is -2.26. The first-order valence-corrected chi connectivity index (χ1v) is 14.1. The van der Waals surface area contributed by atoms with Gasteiger partial charge in [0.25, 0.3) is 0 Å². The van der Waals surface area contributed by atoms with Gasteiger partial charge in [-0.2, -0.15) is 10.2 Å². The molecule has 12 heteroatoms. The highest BCUT2D eigenvalue weighted by Crippen LogP contribution is 2.48. The van der Waals surface area contributed by atoms with Gasteiger partial charge in [-0.1, -0.05) is 12.1 Å². The second-order valence-electron chi connectivity index (χ2n) is 10.7. The van der Waals surface area contributed by atoms with Gasteiger partial charge in [0, 0.05) is 42.4 Å². The van der Waals surface area contributed by atoms with E-state index >= 15 is 0 Å². The molecule has 3 atom stereocenters. The molecule has 7 rings (SSSR count). The van der Waals surface area contributed by atoms with Crippen molar-refractivity contribution in [2.75, 3.05) is 5.32 Å². The molecule has 206 valence electrons. The lowest BCUT2D eigenvalue weighted by Crippen LogP contribution is -2.46. The standard InChI is InChI=1S/C29H25BrN8O3/c1-15-8-26-31-12-19(13-37(26)34-15)17-6-7-21-20(9-17)28(16(2)39)35-36(21)14-27(40)38-22-10-18(22)11-23(38)29(41)33-25-5-3-4-24(30)32-25/h3-9,12-13,18,22-23H,10-11,14H2,1-2H3,(H,32,33,41)/t18-,22-,23+/m1/s1. The van der Waals surface area contributed by atoms with Crippen molar-refractivity contribution in [1.82, 2.24) is 34.3 Å². The number of rotatable bonds is 6. The summed E-state index contributed by atoms with van der Waals surface area (Å²) in [5.74, 6) is 0.0868. The van der Waals surface area contributed by atoms with Crippen LogP contribution < -0.4 is 5.32 Å². The number of nitrogens with zero attached hydrogens (tertiary/aromatic N) is 7. The van der Waals surface area contributed by atoms with Crippen molar-refractivity contribution < 1.29 is 14.4 Å². The smallest absolute Gasteiger partial charge is 0.248 e. The van der Waals surface area contributed by atoms with Crippen LogP contribution in [0, 0.1) is 12.8 Å². The van der Waals surface area contributed by atoms with Gasteiger partial charge in [0.1, 0.15) is 28.7 Å². The Morgan fingerprint density at radius 2 is 1.93 bits per heavy atom. The maximum absolute atomic E-state index is 13.7. The van der Waals surface area contributed by atoms with E-state index in [1.54, 1.807) is 38.5 Å². The molecule has 4 aromatic heterocycles. The first-order chi connectivity index (χ1) is 19.7. The van der Waals surface area contributed by atoms with E-state index in [-0.39, 0.29) is 30.2 Å². The van der Waals surface area contributed by atoms with E-state index in [2.05, 4.69) is 41.4 Å². The molecule has 11 nitrogen and oxygen atoms in total. The fourth-order valence-electron chi connectivity index (χ4n) is 5.83. The van der Waals surface area contributed by atoms with Crippen molar-refractivity contribution in [3.05, 3.63) is 70.8 Å². The first-order valence-electron chi connectivity index (χ1n) is 13.3. The molecule has 2 amide bonds. The zero-order valence-corrected chi connectivity index (χ0v) is 23.9. The Kier molecular flexibility index (Phi) is 5.96. The van der Waals surface area contributed by atoms with Gasteiger partial charge in [0.2, 0.25) is 11.8 Å². The quantitative estimate of drug-likeness (QED) is 0.226. The van der Waals surface area contributed by atoms with Crippen LogP contribution in [0.15, 0.2) is 59.5 Å². The van der Waals surface area contributed by atoms with E-state index in [1.807, 2.05) is 37.4 Å². The fraction of sp³-hybridized carbons (Fsp3) is 0.276. The molecule has 1 saturated carbocycles. The molecule has 1 N–H and O–H groups in total. The van der Waals surface area contributed by atoms with Crippen molar-refractivity contribution >= 4 is 55.9 Å². The molecule has 5 aromatic rings. The molecule has 5 heterocycles. The van der Waals surface area contributed by atoms with Gasteiger partial charge in [0.05, 0.1) is 11.2 Å². The monoisotopic (exact) mass is 612 g/mol. The molecule has 1 aromatic carbocycles. The van der Waals surface area contributed by atoms with Crippen LogP contribution in [-0.2, 0) is 16.1 Å². The van der Waals surface area contributed by atoms with Gasteiger partial charge in [-0.05, 0) is 71.4 Å². The highest BCUT2D eigenvalue weighted by Gasteiger charge is 2.56. The Bertz CT molecular complexity index is 1900. The Labute approximate surface area is 242 Å². The summed E-state index contributed by atoms with van der Waals surface area (Å²) in [4.78, 5) is 49.9. The highest BCUT2D eigenvalue weighted by molar-refractivity contribution is 9.10. The molecular weight excluding hydrogens is 588 g/mol. The SMILES string of the molecule is CC(=O)c1nn(CC(=O)N2[C@@H]3C[C@@H]3C[C@H]2C(=O)Nc2cccc(Br)n2)c2ccc(-c3cnc4cc(C)nn4c3)cc12. The number of aryl methyl sites for hydroxylation is 1. The summed E-state index contributed by atoms with van der Waals surface area (Å²) in [5.41, 5.74) is 4.28. The summed E-state index contributed by atoms with van der Waals surface area (Å²) < 4.78 is 3.90. The van der Waals surface area contributed by atoms with Crippen LogP contribution in [0.1, 0.15) is 35.9 Å². The van der Waals surface area contributed by atoms with Crippen molar-refractivity contribution in [3.8, 4) is 11.1 Å². The van der Waals surface area contributed by atoms with Crippen molar-refractivity contribution in [3.63, 3.8) is 0 Å². The lowest BCUT2D eigenvalue weighted by molar-refractivity contribution is -0.138. The van der Waals surface area contributed by atoms with E-state index in [4.69, 9.17) is 0 Å². The van der Waals surface area contributed by atoms with Crippen LogP contribution in [0.2, 0.25) is 0 Å². The Morgan fingerprint density at radius 1 is 1.07 bits per heavy atom. The van der Waals surface area contributed by atoms with Crippen molar-refractivity contribution in [1.29, 1.82) is 0 Å². The summed E-state index contributed by atoms with van der Waals surface area (Å²) in [6.45, 7) is 3.30. The van der Waals surface area contributed by atoms with Crippen LogP contribution in [0.4, 0.5) is 5.82 Å². The average molecular weight is 613 g/mol. The Balaban J connectivity index is 1.17. The summed E-state index contributed by atoms with van der Waals surface area (Å²) >= 11 is 3.32. The summed E-state index contributed by atoms with van der Waals surface area (Å²) in [6.07, 6.45) is 5.17. The number of piperidine rings is 1. The first kappa shape index (κ1) is 25.5. The molecule has 2 aliphatic rings. The topological polar surface area (TPSA) is 127 Å². The van der Waals surface area contributed by atoms with Gasteiger partial charge in [-0.25, -0.2) is 14.5 Å². The number of fused-ring (bicyclic) bond motifs is 3. The Morgan fingerprint density at radius 3 is 2.73 bits per heavy atom. The van der Waals surface area contributed by atoms with Gasteiger partial charge in [-0.15, -0.1) is 0 Å². The normalized spacial score (nSPS) is 19.5. The number of carbonyl (C=O) groups excluding carboxylic acids is 3. The van der Waals surface area contributed by atoms with E-state index in [0.717, 1.165) is 28.9 Å². The second kappa shape index (κ2) is 9.58. The van der Waals surface area contributed by atoms with E-state index in [9.17, 15) is 14.4 Å². The number of carbonyl (C=O) groups is 3. The molecule has 0 bridgehead atoms. The zero-order valence-electron chi connectivity index (χ0n) is 22.3. The van der Waals surface area contributed by atoms with Gasteiger partial charge in [0.15, 0.2) is 11.4 Å². The van der Waals surface area contributed by atoms with Gasteiger partial charge >= 0.3 is 0 Å². The van der Waals surface area contributed by atoms with E-state index in [1.165, 1.54) is 6.92 Å². The number of hydrogen-bond acceptors (Lipinski definition) is 7. The average Bonchev–Trinajstić information content (AvgIpc) is 3.25. The number of amides is 2. The molecule has 1 saturated heterocycles. The highest BCUT2D eigenvalue weighted by atomic mass is 79.9. The number of halogens is 1. The predicted octanol–water partition coefficient (Wildman–Crippen LogP) is 4.04. The van der Waals surface area contributed by atoms with E-state index in [0.29, 0.717) is 39.4 Å². The number of pyridine rings is 1. The zero-order chi connectivity index (χ0) is 28.4. The van der Waals surface area contributed by atoms with Crippen molar-refractivity contribution in [2.24, 2.45) is 5.92 Å². The maximum atomic E-state index is 13.7. The molecule has 41 heavy (non-hydrogen) atoms. The lowest BCUT2D eigenvalue weighted by atomic mass is 10.0. The molecule has 1 aliphatic heterocycles. The number of aromatic nitrogens is 6. The molecule has 2 fully saturated rings. The maximum Gasteiger partial charge on any atom is 0.248 e. The van der Waals surface area contributed by atoms with Crippen LogP contribution >= 0.6 is 15.9 Å². The number of anilines is 1. The molecule has 0 spiro atoms. The summed E-state index contributed by atoms with van der Waals surface area (Å²) in [6, 6.07) is 12.3. The number of hydrogen-bond donors (Lipinski definition) is 1. The molecular formula is C29H25BrN8O3. The van der Waals surface area contributed by atoms with Gasteiger partial charge < -0.3 is 10.2 Å². The third kappa shape index (κ3) is 4.57. The minimum absolute atomic E-state index is 0.0442. The summed E-state index contributed by atoms with van der Waals surface area (Å²) in [7, 11) is 0. The van der Waals surface area contributed by atoms with Crippen LogP contribution in [0.5, 0.6) is 0 Å². The summed E-state index contributed by atoms with van der Waals surface area (Å²) in [5, 5.41) is 12.5. The van der Waals surface area contributed by atoms with Crippen molar-refractivity contribution in [2.45, 2.75) is 45.3 Å². The third-order valence-electron chi connectivity index (χ3n) is 7.80. The molecule has 0 unspecified atom stereocenters. The molecule has 1 aliphatic carbocycles. The van der Waals surface area contributed by atoms with E-state index < -0.39 is 6.04 Å². The number of likely N-dealkylation sites (tertiary alicyclic amines) is 1. The number of Topliss-reactive ketones (excluding diaryl/α,β-unsaturated/α-hetero) is 1. The van der Waals surface area contributed by atoms with Crippen LogP contribution in [0.25, 0.3) is 27.7 Å². The third-order valence-corrected chi connectivity index (χ3v) is 8.24. The minimum atomic E-state index is -0.582. The minimum Gasteiger partial charge on any atom is -0.326 e. The van der Waals surface area contributed by atoms with Crippen LogP contribution in [-0.4, -0.2) is 63.9 Å². The van der Waals surface area contributed by atoms with Gasteiger partial charge in [-0.3, -0.25) is 19.1 Å². The Hall–Kier alpha value is -4.45. The largest absolute Gasteiger partial charge is 0.326 e. The number of ketones is 1. The predicted molar refractivity (Wildman–Crippen MR) is 154 cm³/mol. The second-order valence-corrected chi connectivity index (χ2v) is 11.5. The fourth-order valence-corrected chi connectivity index (χ4v) is 6.17. The van der Waals surface area contributed by atoms with Crippen LogP contribution in [0.3, 0.4) is 0 Å². The number of nitrogens with one attached hydrogen (secondary N) is 1. The molecule has 0 radical (unpaired) electrons.